The summed E-state index contributed by atoms with van der Waals surface area (Å²) in [6.07, 6.45) is 0. The number of amides is 2. The fraction of sp³-hybridized carbons (Fsp3) is 0.0400. The SMILES string of the molecule is O=C(CSc1cccc(NC(=O)c2ccc3ccccc3c2)c1)Nc1ccc(Cl)cc1. The van der Waals surface area contributed by atoms with E-state index in [4.69, 9.17) is 11.6 Å². The lowest BCUT2D eigenvalue weighted by atomic mass is 10.1. The molecule has 0 spiro atoms. The summed E-state index contributed by atoms with van der Waals surface area (Å²) < 4.78 is 0. The molecule has 154 valence electrons. The van der Waals surface area contributed by atoms with Gasteiger partial charge >= 0.3 is 0 Å². The number of thioether (sulfide) groups is 1. The molecule has 4 nitrogen and oxygen atoms in total. The first-order valence-corrected chi connectivity index (χ1v) is 11.0. The van der Waals surface area contributed by atoms with E-state index >= 15 is 0 Å². The Bertz CT molecular complexity index is 1240. The van der Waals surface area contributed by atoms with E-state index in [0.717, 1.165) is 15.7 Å². The summed E-state index contributed by atoms with van der Waals surface area (Å²) in [6.45, 7) is 0. The van der Waals surface area contributed by atoms with Crippen LogP contribution in [0.2, 0.25) is 5.02 Å². The van der Waals surface area contributed by atoms with E-state index in [1.54, 1.807) is 24.3 Å². The third-order valence-electron chi connectivity index (χ3n) is 4.60. The van der Waals surface area contributed by atoms with Crippen molar-refractivity contribution >= 4 is 57.3 Å². The molecule has 0 radical (unpaired) electrons. The molecular weight excluding hydrogens is 428 g/mol. The molecule has 4 aromatic carbocycles. The van der Waals surface area contributed by atoms with E-state index in [-0.39, 0.29) is 17.6 Å². The van der Waals surface area contributed by atoms with Crippen LogP contribution in [-0.4, -0.2) is 17.6 Å². The molecule has 4 aromatic rings. The number of anilines is 2. The van der Waals surface area contributed by atoms with Gasteiger partial charge in [-0.15, -0.1) is 11.8 Å². The molecule has 0 atom stereocenters. The molecule has 0 saturated carbocycles. The Morgan fingerprint density at radius 2 is 1.52 bits per heavy atom. The van der Waals surface area contributed by atoms with Crippen molar-refractivity contribution in [3.8, 4) is 0 Å². The highest BCUT2D eigenvalue weighted by Gasteiger charge is 2.09. The Kier molecular flexibility index (Phi) is 6.55. The topological polar surface area (TPSA) is 58.2 Å². The molecular formula is C25H19ClN2O2S. The molecule has 0 aliphatic heterocycles. The predicted octanol–water partition coefficient (Wildman–Crippen LogP) is 6.48. The van der Waals surface area contributed by atoms with Gasteiger partial charge in [-0.05, 0) is 65.4 Å². The molecule has 0 saturated heterocycles. The number of halogens is 1. The lowest BCUT2D eigenvalue weighted by Gasteiger charge is -2.09. The summed E-state index contributed by atoms with van der Waals surface area (Å²) in [5.74, 6) is -0.0312. The highest BCUT2D eigenvalue weighted by Crippen LogP contribution is 2.23. The minimum atomic E-state index is -0.173. The molecule has 0 heterocycles. The molecule has 0 bridgehead atoms. The van der Waals surface area contributed by atoms with Gasteiger partial charge in [0.2, 0.25) is 5.91 Å². The monoisotopic (exact) mass is 446 g/mol. The van der Waals surface area contributed by atoms with Crippen LogP contribution in [0.4, 0.5) is 11.4 Å². The largest absolute Gasteiger partial charge is 0.325 e. The van der Waals surface area contributed by atoms with Crippen molar-refractivity contribution in [3.05, 3.63) is 102 Å². The lowest BCUT2D eigenvalue weighted by molar-refractivity contribution is -0.113. The fourth-order valence-corrected chi connectivity index (χ4v) is 3.96. The van der Waals surface area contributed by atoms with E-state index in [1.165, 1.54) is 11.8 Å². The van der Waals surface area contributed by atoms with Crippen LogP contribution in [0.25, 0.3) is 10.8 Å². The maximum atomic E-state index is 12.7. The molecule has 0 aliphatic carbocycles. The number of benzene rings is 4. The van der Waals surface area contributed by atoms with Crippen molar-refractivity contribution in [2.75, 3.05) is 16.4 Å². The van der Waals surface area contributed by atoms with Gasteiger partial charge in [0.15, 0.2) is 0 Å². The quantitative estimate of drug-likeness (QED) is 0.333. The summed E-state index contributed by atoms with van der Waals surface area (Å²) in [4.78, 5) is 25.8. The minimum absolute atomic E-state index is 0.113. The summed E-state index contributed by atoms with van der Waals surface area (Å²) in [6, 6.07) is 28.0. The van der Waals surface area contributed by atoms with Crippen LogP contribution in [0, 0.1) is 0 Å². The first-order valence-electron chi connectivity index (χ1n) is 9.65. The number of hydrogen-bond acceptors (Lipinski definition) is 3. The minimum Gasteiger partial charge on any atom is -0.325 e. The fourth-order valence-electron chi connectivity index (χ4n) is 3.08. The molecule has 0 unspecified atom stereocenters. The smallest absolute Gasteiger partial charge is 0.255 e. The second-order valence-corrected chi connectivity index (χ2v) is 8.37. The Labute approximate surface area is 189 Å². The molecule has 4 rings (SSSR count). The third kappa shape index (κ3) is 5.66. The normalized spacial score (nSPS) is 10.6. The van der Waals surface area contributed by atoms with Crippen LogP contribution in [0.15, 0.2) is 95.9 Å². The Balaban J connectivity index is 1.36. The van der Waals surface area contributed by atoms with E-state index in [1.807, 2.05) is 66.7 Å². The van der Waals surface area contributed by atoms with Gasteiger partial charge in [-0.2, -0.15) is 0 Å². The first kappa shape index (κ1) is 21.0. The van der Waals surface area contributed by atoms with Crippen molar-refractivity contribution in [1.29, 1.82) is 0 Å². The van der Waals surface area contributed by atoms with E-state index in [0.29, 0.717) is 22.0 Å². The highest BCUT2D eigenvalue weighted by atomic mass is 35.5. The van der Waals surface area contributed by atoms with Gasteiger partial charge < -0.3 is 10.6 Å². The molecule has 0 aromatic heterocycles. The number of carbonyl (C=O) groups excluding carboxylic acids is 2. The summed E-state index contributed by atoms with van der Waals surface area (Å²) >= 11 is 7.26. The number of nitrogens with one attached hydrogen (secondary N) is 2. The molecule has 0 fully saturated rings. The second kappa shape index (κ2) is 9.69. The van der Waals surface area contributed by atoms with Crippen molar-refractivity contribution < 1.29 is 9.59 Å². The number of carbonyl (C=O) groups is 2. The van der Waals surface area contributed by atoms with Crippen molar-refractivity contribution in [2.45, 2.75) is 4.90 Å². The number of fused-ring (bicyclic) bond motifs is 1. The molecule has 2 N–H and O–H groups in total. The van der Waals surface area contributed by atoms with Gasteiger partial charge in [0.1, 0.15) is 0 Å². The third-order valence-corrected chi connectivity index (χ3v) is 5.85. The summed E-state index contributed by atoms with van der Waals surface area (Å²) in [5.41, 5.74) is 1.98. The zero-order valence-corrected chi connectivity index (χ0v) is 18.0. The first-order chi connectivity index (χ1) is 15.1. The number of hydrogen-bond donors (Lipinski definition) is 2. The molecule has 0 aliphatic rings. The summed E-state index contributed by atoms with van der Waals surface area (Å²) in [5, 5.41) is 8.50. The maximum absolute atomic E-state index is 12.7. The van der Waals surface area contributed by atoms with Crippen LogP contribution in [0.5, 0.6) is 0 Å². The van der Waals surface area contributed by atoms with Gasteiger partial charge in [0.05, 0.1) is 5.75 Å². The average Bonchev–Trinajstić information content (AvgIpc) is 2.79. The molecule has 6 heteroatoms. The zero-order chi connectivity index (χ0) is 21.6. The van der Waals surface area contributed by atoms with Gasteiger partial charge in [-0.3, -0.25) is 9.59 Å². The van der Waals surface area contributed by atoms with Crippen molar-refractivity contribution in [2.24, 2.45) is 0 Å². The maximum Gasteiger partial charge on any atom is 0.255 e. The lowest BCUT2D eigenvalue weighted by Crippen LogP contribution is -2.14. The van der Waals surface area contributed by atoms with Gasteiger partial charge in [0, 0.05) is 26.9 Å². The van der Waals surface area contributed by atoms with E-state index in [2.05, 4.69) is 10.6 Å². The van der Waals surface area contributed by atoms with Crippen molar-refractivity contribution in [3.63, 3.8) is 0 Å². The molecule has 2 amide bonds. The van der Waals surface area contributed by atoms with Crippen LogP contribution in [0.3, 0.4) is 0 Å². The van der Waals surface area contributed by atoms with Crippen molar-refractivity contribution in [1.82, 2.24) is 0 Å². The van der Waals surface area contributed by atoms with E-state index in [9.17, 15) is 9.59 Å². The van der Waals surface area contributed by atoms with Crippen LogP contribution in [0.1, 0.15) is 10.4 Å². The highest BCUT2D eigenvalue weighted by molar-refractivity contribution is 8.00. The zero-order valence-electron chi connectivity index (χ0n) is 16.5. The standard InChI is InChI=1S/C25H19ClN2O2S/c26-20-10-12-21(13-11-20)27-24(29)16-31-23-7-3-6-22(15-23)28-25(30)19-9-8-17-4-1-2-5-18(17)14-19/h1-15H,16H2,(H,27,29)(H,28,30). The van der Waals surface area contributed by atoms with Crippen LogP contribution >= 0.6 is 23.4 Å². The van der Waals surface area contributed by atoms with E-state index < -0.39 is 0 Å². The Morgan fingerprint density at radius 3 is 2.32 bits per heavy atom. The second-order valence-electron chi connectivity index (χ2n) is 6.89. The van der Waals surface area contributed by atoms with Gasteiger partial charge in [0.25, 0.3) is 5.91 Å². The summed E-state index contributed by atoms with van der Waals surface area (Å²) in [7, 11) is 0. The van der Waals surface area contributed by atoms with Gasteiger partial charge in [-0.1, -0.05) is 48.0 Å². The Morgan fingerprint density at radius 1 is 0.742 bits per heavy atom. The average molecular weight is 447 g/mol. The van der Waals surface area contributed by atoms with Crippen LogP contribution < -0.4 is 10.6 Å². The van der Waals surface area contributed by atoms with Gasteiger partial charge in [-0.25, -0.2) is 0 Å². The molecule has 31 heavy (non-hydrogen) atoms. The Hall–Kier alpha value is -3.28. The predicted molar refractivity (Wildman–Crippen MR) is 129 cm³/mol. The van der Waals surface area contributed by atoms with Crippen LogP contribution in [-0.2, 0) is 4.79 Å². The number of rotatable bonds is 6.